The van der Waals surface area contributed by atoms with Gasteiger partial charge in [0, 0.05) is 17.7 Å². The maximum Gasteiger partial charge on any atom is 0.245 e. The zero-order valence-corrected chi connectivity index (χ0v) is 20.4. The molecule has 8 nitrogen and oxygen atoms in total. The highest BCUT2D eigenvalue weighted by Crippen LogP contribution is 2.28. The lowest BCUT2D eigenvalue weighted by Gasteiger charge is -2.17. The van der Waals surface area contributed by atoms with Crippen LogP contribution in [0.15, 0.2) is 48.0 Å². The molecule has 0 fully saturated rings. The van der Waals surface area contributed by atoms with Gasteiger partial charge in [-0.25, -0.2) is 4.99 Å². The predicted molar refractivity (Wildman–Crippen MR) is 132 cm³/mol. The highest BCUT2D eigenvalue weighted by molar-refractivity contribution is 5.97. The fraction of sp³-hybridized carbons (Fsp3) is 0.385. The van der Waals surface area contributed by atoms with E-state index < -0.39 is 18.6 Å². The first-order valence-electron chi connectivity index (χ1n) is 11.0. The Balaban J connectivity index is 2.12. The Hall–Kier alpha value is -3.36. The minimum Gasteiger partial charge on any atom is -0.491 e. The Morgan fingerprint density at radius 1 is 1.12 bits per heavy atom. The summed E-state index contributed by atoms with van der Waals surface area (Å²) in [5.74, 6) is 1.30. The number of nitrogens with one attached hydrogen (secondary N) is 1. The van der Waals surface area contributed by atoms with Crippen molar-refractivity contribution in [3.63, 3.8) is 0 Å². The van der Waals surface area contributed by atoms with Crippen LogP contribution >= 0.6 is 0 Å². The number of aryl methyl sites for hydroxylation is 2. The standard InChI is InChI=1S/C26H34N2O6/c1-16(2)34-23-9-7-20(8-10-23)26(32-6)28-19(5)21-11-17(3)25(18(4)12-21)33-15-22(30)13-27-24(31)14-29/h7-12,16,22,29-30H,5,13-15H2,1-4,6H3,(H,27,31). The number of carbonyl (C=O) groups is 1. The second-order valence-corrected chi connectivity index (χ2v) is 8.12. The molecule has 1 amide bonds. The van der Waals surface area contributed by atoms with E-state index in [1.165, 1.54) is 0 Å². The maximum atomic E-state index is 11.1. The molecule has 0 saturated heterocycles. The number of rotatable bonds is 11. The van der Waals surface area contributed by atoms with E-state index in [0.717, 1.165) is 28.0 Å². The molecule has 34 heavy (non-hydrogen) atoms. The van der Waals surface area contributed by atoms with E-state index in [9.17, 15) is 9.90 Å². The summed E-state index contributed by atoms with van der Waals surface area (Å²) in [6.07, 6.45) is -0.815. The van der Waals surface area contributed by atoms with Crippen molar-refractivity contribution in [2.75, 3.05) is 26.9 Å². The van der Waals surface area contributed by atoms with Crippen molar-refractivity contribution in [2.24, 2.45) is 4.99 Å². The summed E-state index contributed by atoms with van der Waals surface area (Å²) in [6, 6.07) is 11.3. The second kappa shape index (κ2) is 12.8. The summed E-state index contributed by atoms with van der Waals surface area (Å²) >= 11 is 0. The topological polar surface area (TPSA) is 110 Å². The molecule has 0 spiro atoms. The Kier molecular flexibility index (Phi) is 10.1. The van der Waals surface area contributed by atoms with Crippen molar-refractivity contribution in [2.45, 2.75) is 39.9 Å². The Bertz CT molecular complexity index is 991. The number of hydrogen-bond acceptors (Lipinski definition) is 7. The Labute approximate surface area is 200 Å². The second-order valence-electron chi connectivity index (χ2n) is 8.12. The van der Waals surface area contributed by atoms with Gasteiger partial charge in [-0.3, -0.25) is 4.79 Å². The molecule has 0 aromatic heterocycles. The minimum absolute atomic E-state index is 0.00379. The fourth-order valence-electron chi connectivity index (χ4n) is 3.23. The number of benzene rings is 2. The summed E-state index contributed by atoms with van der Waals surface area (Å²) in [7, 11) is 1.56. The quantitative estimate of drug-likeness (QED) is 0.344. The van der Waals surface area contributed by atoms with Crippen molar-refractivity contribution in [1.82, 2.24) is 5.32 Å². The van der Waals surface area contributed by atoms with E-state index in [-0.39, 0.29) is 19.3 Å². The van der Waals surface area contributed by atoms with E-state index in [0.29, 0.717) is 17.3 Å². The summed E-state index contributed by atoms with van der Waals surface area (Å²) < 4.78 is 17.0. The largest absolute Gasteiger partial charge is 0.491 e. The molecule has 2 rings (SSSR count). The van der Waals surface area contributed by atoms with E-state index in [2.05, 4.69) is 16.9 Å². The van der Waals surface area contributed by atoms with Gasteiger partial charge in [0.25, 0.3) is 0 Å². The van der Waals surface area contributed by atoms with Crippen molar-refractivity contribution < 1.29 is 29.2 Å². The molecule has 1 unspecified atom stereocenters. The molecule has 1 atom stereocenters. The molecule has 3 N–H and O–H groups in total. The smallest absolute Gasteiger partial charge is 0.245 e. The molecule has 0 saturated carbocycles. The van der Waals surface area contributed by atoms with Crippen molar-refractivity contribution in [3.8, 4) is 11.5 Å². The molecule has 0 aliphatic rings. The van der Waals surface area contributed by atoms with Gasteiger partial charge in [0.05, 0.1) is 18.9 Å². The van der Waals surface area contributed by atoms with Crippen molar-refractivity contribution in [1.29, 1.82) is 0 Å². The average Bonchev–Trinajstić information content (AvgIpc) is 2.80. The highest BCUT2D eigenvalue weighted by Gasteiger charge is 2.13. The van der Waals surface area contributed by atoms with Gasteiger partial charge < -0.3 is 29.7 Å². The number of methoxy groups -OCH3 is 1. The van der Waals surface area contributed by atoms with Crippen LogP contribution in [0.4, 0.5) is 0 Å². The molecule has 0 heterocycles. The highest BCUT2D eigenvalue weighted by atomic mass is 16.5. The lowest BCUT2D eigenvalue weighted by Crippen LogP contribution is -2.36. The van der Waals surface area contributed by atoms with Gasteiger partial charge >= 0.3 is 0 Å². The van der Waals surface area contributed by atoms with Crippen LogP contribution < -0.4 is 14.8 Å². The summed E-state index contributed by atoms with van der Waals surface area (Å²) in [4.78, 5) is 15.7. The molecule has 8 heteroatoms. The Morgan fingerprint density at radius 3 is 2.26 bits per heavy atom. The van der Waals surface area contributed by atoms with Gasteiger partial charge in [0.15, 0.2) is 0 Å². The molecule has 0 radical (unpaired) electrons. The molecular formula is C26H34N2O6. The molecule has 0 aliphatic heterocycles. The number of ether oxygens (including phenoxy) is 3. The van der Waals surface area contributed by atoms with Crippen LogP contribution in [-0.4, -0.2) is 61.1 Å². The van der Waals surface area contributed by atoms with Crippen LogP contribution in [-0.2, 0) is 9.53 Å². The number of aliphatic hydroxyl groups is 2. The van der Waals surface area contributed by atoms with Gasteiger partial charge in [-0.15, -0.1) is 0 Å². The van der Waals surface area contributed by atoms with Gasteiger partial charge in [0.1, 0.15) is 30.8 Å². The normalized spacial score (nSPS) is 12.3. The number of aliphatic hydroxyl groups excluding tert-OH is 2. The minimum atomic E-state index is -0.907. The predicted octanol–water partition coefficient (Wildman–Crippen LogP) is 3.00. The number of hydrogen-bond donors (Lipinski definition) is 3. The molecule has 0 aliphatic carbocycles. The van der Waals surface area contributed by atoms with E-state index >= 15 is 0 Å². The van der Waals surface area contributed by atoms with Crippen molar-refractivity contribution >= 4 is 17.5 Å². The lowest BCUT2D eigenvalue weighted by molar-refractivity contribution is -0.124. The van der Waals surface area contributed by atoms with Crippen LogP contribution in [0.5, 0.6) is 11.5 Å². The number of amides is 1. The third kappa shape index (κ3) is 7.90. The fourth-order valence-corrected chi connectivity index (χ4v) is 3.23. The molecule has 2 aromatic carbocycles. The van der Waals surface area contributed by atoms with Gasteiger partial charge in [-0.05, 0) is 75.2 Å². The van der Waals surface area contributed by atoms with E-state index in [4.69, 9.17) is 19.3 Å². The molecule has 184 valence electrons. The maximum absolute atomic E-state index is 11.1. The summed E-state index contributed by atoms with van der Waals surface area (Å²) in [6.45, 7) is 11.2. The van der Waals surface area contributed by atoms with Crippen LogP contribution in [0.25, 0.3) is 5.70 Å². The summed E-state index contributed by atoms with van der Waals surface area (Å²) in [5.41, 5.74) is 3.85. The third-order valence-electron chi connectivity index (χ3n) is 4.79. The zero-order valence-electron chi connectivity index (χ0n) is 20.4. The average molecular weight is 471 g/mol. The number of carbonyl (C=O) groups excluding carboxylic acids is 1. The summed E-state index contributed by atoms with van der Waals surface area (Å²) in [5, 5.41) is 21.1. The number of aliphatic imine (C=N–C) groups is 1. The monoisotopic (exact) mass is 470 g/mol. The van der Waals surface area contributed by atoms with Crippen LogP contribution in [0.1, 0.15) is 36.1 Å². The first kappa shape index (κ1) is 26.9. The Morgan fingerprint density at radius 2 is 1.74 bits per heavy atom. The SMILES string of the molecule is C=C(N=C(OC)c1ccc(OC(C)C)cc1)c1cc(C)c(OCC(O)CNC(=O)CO)c(C)c1. The third-order valence-corrected chi connectivity index (χ3v) is 4.79. The van der Waals surface area contributed by atoms with E-state index in [1.54, 1.807) is 7.11 Å². The van der Waals surface area contributed by atoms with Crippen LogP contribution in [0, 0.1) is 13.8 Å². The molecule has 2 aromatic rings. The first-order valence-corrected chi connectivity index (χ1v) is 11.0. The van der Waals surface area contributed by atoms with Gasteiger partial charge in [0.2, 0.25) is 11.8 Å². The first-order chi connectivity index (χ1) is 16.1. The molecular weight excluding hydrogens is 436 g/mol. The zero-order chi connectivity index (χ0) is 25.3. The van der Waals surface area contributed by atoms with Gasteiger partial charge in [-0.2, -0.15) is 0 Å². The lowest BCUT2D eigenvalue weighted by atomic mass is 10.0. The number of nitrogens with zero attached hydrogens (tertiary/aromatic N) is 1. The van der Waals surface area contributed by atoms with Crippen LogP contribution in [0.2, 0.25) is 0 Å². The van der Waals surface area contributed by atoms with Crippen molar-refractivity contribution in [3.05, 3.63) is 65.2 Å². The van der Waals surface area contributed by atoms with Crippen LogP contribution in [0.3, 0.4) is 0 Å². The molecule has 0 bridgehead atoms. The van der Waals surface area contributed by atoms with Gasteiger partial charge in [-0.1, -0.05) is 6.58 Å². The van der Waals surface area contributed by atoms with E-state index in [1.807, 2.05) is 64.1 Å².